The van der Waals surface area contributed by atoms with Gasteiger partial charge >= 0.3 is 5.97 Å². The summed E-state index contributed by atoms with van der Waals surface area (Å²) in [7, 11) is 1.49. The average molecular weight is 273 g/mol. The van der Waals surface area contributed by atoms with Gasteiger partial charge in [-0.15, -0.1) is 0 Å². The van der Waals surface area contributed by atoms with E-state index in [-0.39, 0.29) is 5.97 Å². The number of methoxy groups -OCH3 is 1. The van der Waals surface area contributed by atoms with Crippen molar-refractivity contribution >= 4 is 17.7 Å². The van der Waals surface area contributed by atoms with E-state index in [1.807, 2.05) is 11.8 Å². The van der Waals surface area contributed by atoms with Gasteiger partial charge < -0.3 is 4.74 Å². The molecule has 2 unspecified atom stereocenters. The fraction of sp³-hybridized carbons (Fsp3) is 0.929. The van der Waals surface area contributed by atoms with Gasteiger partial charge in [0.2, 0.25) is 0 Å². The maximum absolute atomic E-state index is 12.1. The molecule has 0 saturated heterocycles. The van der Waals surface area contributed by atoms with Crippen molar-refractivity contribution in [3.05, 3.63) is 0 Å². The number of ether oxygens (including phenoxy) is 1. The van der Waals surface area contributed by atoms with Crippen LogP contribution in [0.1, 0.15) is 52.9 Å². The molecule has 0 amide bonds. The van der Waals surface area contributed by atoms with Gasteiger partial charge in [-0.25, -0.2) is 0 Å². The van der Waals surface area contributed by atoms with Crippen molar-refractivity contribution in [2.24, 2.45) is 0 Å². The highest BCUT2D eigenvalue weighted by molar-refractivity contribution is 7.99. The predicted octanol–water partition coefficient (Wildman–Crippen LogP) is 2.98. The van der Waals surface area contributed by atoms with E-state index < -0.39 is 5.54 Å². The zero-order valence-corrected chi connectivity index (χ0v) is 12.9. The van der Waals surface area contributed by atoms with Crippen LogP contribution in [0.2, 0.25) is 0 Å². The van der Waals surface area contributed by atoms with E-state index in [0.717, 1.165) is 19.3 Å². The number of nitrogens with one attached hydrogen (secondary N) is 1. The molecule has 1 aliphatic carbocycles. The molecule has 1 N–H and O–H groups in total. The van der Waals surface area contributed by atoms with Crippen LogP contribution < -0.4 is 5.32 Å². The molecular formula is C14H27NO2S. The first-order valence-electron chi connectivity index (χ1n) is 7.01. The van der Waals surface area contributed by atoms with Crippen LogP contribution in [-0.4, -0.2) is 35.7 Å². The zero-order chi connectivity index (χ0) is 13.6. The third kappa shape index (κ3) is 4.16. The summed E-state index contributed by atoms with van der Waals surface area (Å²) in [6.45, 7) is 6.39. The minimum Gasteiger partial charge on any atom is -0.468 e. The molecule has 1 aliphatic rings. The summed E-state index contributed by atoms with van der Waals surface area (Å²) >= 11 is 2.01. The Hall–Kier alpha value is -0.220. The monoisotopic (exact) mass is 273 g/mol. The number of hydrogen-bond acceptors (Lipinski definition) is 4. The Morgan fingerprint density at radius 1 is 1.56 bits per heavy atom. The number of carbonyl (C=O) groups excluding carboxylic acids is 1. The standard InChI is InChI=1S/C14H27NO2S/c1-5-9-18-12-7-6-8-14(10-12,13(16)17-4)15-11(2)3/h11-12,15H,5-10H2,1-4H3. The van der Waals surface area contributed by atoms with E-state index in [1.165, 1.54) is 25.7 Å². The summed E-state index contributed by atoms with van der Waals surface area (Å²) in [6.07, 6.45) is 5.34. The van der Waals surface area contributed by atoms with Crippen LogP contribution in [0.15, 0.2) is 0 Å². The highest BCUT2D eigenvalue weighted by atomic mass is 32.2. The second kappa shape index (κ2) is 7.39. The van der Waals surface area contributed by atoms with Crippen molar-refractivity contribution in [2.75, 3.05) is 12.9 Å². The van der Waals surface area contributed by atoms with Crippen LogP contribution in [0.3, 0.4) is 0 Å². The topological polar surface area (TPSA) is 38.3 Å². The number of rotatable bonds is 6. The van der Waals surface area contributed by atoms with Crippen molar-refractivity contribution in [3.63, 3.8) is 0 Å². The largest absolute Gasteiger partial charge is 0.468 e. The molecule has 106 valence electrons. The van der Waals surface area contributed by atoms with Gasteiger partial charge in [0.15, 0.2) is 0 Å². The maximum atomic E-state index is 12.1. The molecule has 2 atom stereocenters. The van der Waals surface area contributed by atoms with E-state index in [0.29, 0.717) is 11.3 Å². The van der Waals surface area contributed by atoms with Crippen molar-refractivity contribution < 1.29 is 9.53 Å². The molecule has 4 heteroatoms. The second-order valence-corrected chi connectivity index (χ2v) is 6.87. The molecule has 0 aromatic heterocycles. The van der Waals surface area contributed by atoms with Crippen molar-refractivity contribution in [3.8, 4) is 0 Å². The van der Waals surface area contributed by atoms with Crippen LogP contribution in [0.4, 0.5) is 0 Å². The lowest BCUT2D eigenvalue weighted by molar-refractivity contribution is -0.150. The number of hydrogen-bond donors (Lipinski definition) is 1. The molecule has 0 radical (unpaired) electrons. The smallest absolute Gasteiger partial charge is 0.326 e. The van der Waals surface area contributed by atoms with Crippen molar-refractivity contribution in [2.45, 2.75) is 69.7 Å². The van der Waals surface area contributed by atoms with E-state index in [9.17, 15) is 4.79 Å². The molecule has 1 fully saturated rings. The molecular weight excluding hydrogens is 246 g/mol. The van der Waals surface area contributed by atoms with E-state index in [4.69, 9.17) is 4.74 Å². The molecule has 1 rings (SSSR count). The Bertz CT molecular complexity index is 271. The van der Waals surface area contributed by atoms with Crippen LogP contribution in [-0.2, 0) is 9.53 Å². The third-order valence-corrected chi connectivity index (χ3v) is 4.92. The van der Waals surface area contributed by atoms with Gasteiger partial charge in [-0.3, -0.25) is 10.1 Å². The lowest BCUT2D eigenvalue weighted by Crippen LogP contribution is -2.58. The fourth-order valence-corrected chi connectivity index (χ4v) is 4.08. The third-order valence-electron chi connectivity index (χ3n) is 3.40. The fourth-order valence-electron chi connectivity index (χ4n) is 2.77. The first-order chi connectivity index (χ1) is 8.54. The van der Waals surface area contributed by atoms with E-state index >= 15 is 0 Å². The lowest BCUT2D eigenvalue weighted by atomic mass is 9.81. The number of thioether (sulfide) groups is 1. The van der Waals surface area contributed by atoms with E-state index in [1.54, 1.807) is 0 Å². The summed E-state index contributed by atoms with van der Waals surface area (Å²) in [5.74, 6) is 1.10. The first kappa shape index (κ1) is 15.8. The summed E-state index contributed by atoms with van der Waals surface area (Å²) in [4.78, 5) is 12.1. The van der Waals surface area contributed by atoms with E-state index in [2.05, 4.69) is 26.1 Å². The predicted molar refractivity (Wildman–Crippen MR) is 78.0 cm³/mol. The minimum absolute atomic E-state index is 0.0852. The first-order valence-corrected chi connectivity index (χ1v) is 8.06. The molecule has 0 heterocycles. The maximum Gasteiger partial charge on any atom is 0.326 e. The molecule has 18 heavy (non-hydrogen) atoms. The highest BCUT2D eigenvalue weighted by Crippen LogP contribution is 2.36. The van der Waals surface area contributed by atoms with Gasteiger partial charge in [0, 0.05) is 11.3 Å². The van der Waals surface area contributed by atoms with Gasteiger partial charge in [-0.2, -0.15) is 11.8 Å². The quantitative estimate of drug-likeness (QED) is 0.755. The Morgan fingerprint density at radius 2 is 2.28 bits per heavy atom. The second-order valence-electron chi connectivity index (χ2n) is 5.46. The van der Waals surface area contributed by atoms with Crippen molar-refractivity contribution in [1.29, 1.82) is 0 Å². The Labute approximate surface area is 115 Å². The van der Waals surface area contributed by atoms with Gasteiger partial charge in [-0.1, -0.05) is 6.92 Å². The molecule has 3 nitrogen and oxygen atoms in total. The molecule has 0 aliphatic heterocycles. The lowest BCUT2D eigenvalue weighted by Gasteiger charge is -2.40. The summed E-state index contributed by atoms with van der Waals surface area (Å²) in [6, 6.07) is 0.305. The van der Waals surface area contributed by atoms with Crippen molar-refractivity contribution in [1.82, 2.24) is 5.32 Å². The van der Waals surface area contributed by atoms with Crippen LogP contribution in [0.25, 0.3) is 0 Å². The summed E-state index contributed by atoms with van der Waals surface area (Å²) < 4.78 is 5.04. The van der Waals surface area contributed by atoms with Crippen LogP contribution in [0.5, 0.6) is 0 Å². The van der Waals surface area contributed by atoms with Gasteiger partial charge in [0.05, 0.1) is 7.11 Å². The van der Waals surface area contributed by atoms with Crippen LogP contribution in [0, 0.1) is 0 Å². The SMILES string of the molecule is CCCSC1CCCC(NC(C)C)(C(=O)OC)C1. The number of carbonyl (C=O) groups is 1. The molecule has 0 aromatic carbocycles. The zero-order valence-electron chi connectivity index (χ0n) is 12.1. The summed E-state index contributed by atoms with van der Waals surface area (Å²) in [5.41, 5.74) is -0.452. The molecule has 1 saturated carbocycles. The Balaban J connectivity index is 2.72. The molecule has 0 aromatic rings. The van der Waals surface area contributed by atoms with Gasteiger partial charge in [-0.05, 0) is 51.7 Å². The molecule has 0 spiro atoms. The van der Waals surface area contributed by atoms with Gasteiger partial charge in [0.1, 0.15) is 5.54 Å². The Kier molecular flexibility index (Phi) is 6.50. The molecule has 0 bridgehead atoms. The number of esters is 1. The average Bonchev–Trinajstić information content (AvgIpc) is 2.34. The van der Waals surface area contributed by atoms with Gasteiger partial charge in [0.25, 0.3) is 0 Å². The highest BCUT2D eigenvalue weighted by Gasteiger charge is 2.44. The van der Waals surface area contributed by atoms with Crippen LogP contribution >= 0.6 is 11.8 Å². The minimum atomic E-state index is -0.452. The Morgan fingerprint density at radius 3 is 2.83 bits per heavy atom. The summed E-state index contributed by atoms with van der Waals surface area (Å²) in [5, 5.41) is 4.05. The normalized spacial score (nSPS) is 28.4.